The van der Waals surface area contributed by atoms with Crippen LogP contribution in [0.1, 0.15) is 78.1 Å². The number of hydrogen-bond acceptors (Lipinski definition) is 1. The van der Waals surface area contributed by atoms with Gasteiger partial charge in [-0.05, 0) is 25.8 Å². The van der Waals surface area contributed by atoms with Gasteiger partial charge in [0.25, 0.3) is 0 Å². The molecule has 0 aliphatic heterocycles. The van der Waals surface area contributed by atoms with E-state index in [0.717, 1.165) is 6.42 Å². The van der Waals surface area contributed by atoms with Gasteiger partial charge in [0.15, 0.2) is 0 Å². The van der Waals surface area contributed by atoms with Crippen LogP contribution >= 0.6 is 0 Å². The van der Waals surface area contributed by atoms with E-state index in [9.17, 15) is 4.79 Å². The molecule has 2 heteroatoms. The molecule has 0 rings (SSSR count). The summed E-state index contributed by atoms with van der Waals surface area (Å²) in [5.41, 5.74) is 5.89. The van der Waals surface area contributed by atoms with Crippen LogP contribution in [0, 0.1) is 0 Å². The predicted octanol–water partition coefficient (Wildman–Crippen LogP) is 5.45. The summed E-state index contributed by atoms with van der Waals surface area (Å²) < 4.78 is 0. The van der Waals surface area contributed by atoms with Crippen LogP contribution in [0.5, 0.6) is 0 Å². The molecule has 2 N–H and O–H groups in total. The topological polar surface area (TPSA) is 43.1 Å². The van der Waals surface area contributed by atoms with Crippen molar-refractivity contribution in [3.05, 3.63) is 36.0 Å². The Morgan fingerprint density at radius 3 is 2.05 bits per heavy atom. The predicted molar refractivity (Wildman–Crippen MR) is 93.1 cm³/mol. The van der Waals surface area contributed by atoms with Gasteiger partial charge in [-0.1, -0.05) is 82.6 Å². The lowest BCUT2D eigenvalue weighted by Gasteiger charge is -2.00. The SMILES string of the molecule is C/C=C/C=C(/C=C/CCCCCCCCCCC)C(N)=O. The lowest BCUT2D eigenvalue weighted by Crippen LogP contribution is -2.12. The molecule has 0 aliphatic carbocycles. The quantitative estimate of drug-likeness (QED) is 0.273. The van der Waals surface area contributed by atoms with Gasteiger partial charge < -0.3 is 5.73 Å². The fourth-order valence-corrected chi connectivity index (χ4v) is 2.20. The van der Waals surface area contributed by atoms with Gasteiger partial charge in [0.1, 0.15) is 0 Å². The largest absolute Gasteiger partial charge is 0.366 e. The van der Waals surface area contributed by atoms with Crippen LogP contribution in [0.3, 0.4) is 0 Å². The summed E-state index contributed by atoms with van der Waals surface area (Å²) >= 11 is 0. The first-order valence-electron chi connectivity index (χ1n) is 8.51. The molecule has 0 aromatic heterocycles. The third-order valence-corrected chi connectivity index (χ3v) is 3.52. The summed E-state index contributed by atoms with van der Waals surface area (Å²) in [6.07, 6.45) is 22.4. The van der Waals surface area contributed by atoms with E-state index < -0.39 is 0 Å². The van der Waals surface area contributed by atoms with Crippen LogP contribution in [-0.4, -0.2) is 5.91 Å². The van der Waals surface area contributed by atoms with Crippen LogP contribution in [0.15, 0.2) is 36.0 Å². The van der Waals surface area contributed by atoms with Crippen molar-refractivity contribution >= 4 is 5.91 Å². The third kappa shape index (κ3) is 13.4. The minimum Gasteiger partial charge on any atom is -0.366 e. The molecule has 0 atom stereocenters. The summed E-state index contributed by atoms with van der Waals surface area (Å²) in [4.78, 5) is 11.2. The van der Waals surface area contributed by atoms with Gasteiger partial charge in [-0.15, -0.1) is 0 Å². The fraction of sp³-hybridized carbons (Fsp3) is 0.632. The monoisotopic (exact) mass is 291 g/mol. The highest BCUT2D eigenvalue weighted by Gasteiger charge is 1.97. The van der Waals surface area contributed by atoms with Crippen LogP contribution in [0.25, 0.3) is 0 Å². The van der Waals surface area contributed by atoms with Crippen molar-refractivity contribution in [3.8, 4) is 0 Å². The lowest BCUT2D eigenvalue weighted by atomic mass is 10.1. The normalized spacial score (nSPS) is 12.6. The first-order valence-corrected chi connectivity index (χ1v) is 8.51. The zero-order valence-corrected chi connectivity index (χ0v) is 13.9. The second-order valence-electron chi connectivity index (χ2n) is 5.53. The highest BCUT2D eigenvalue weighted by atomic mass is 16.1. The third-order valence-electron chi connectivity index (χ3n) is 3.52. The molecule has 0 saturated heterocycles. The molecule has 0 fully saturated rings. The van der Waals surface area contributed by atoms with Crippen LogP contribution in [0.4, 0.5) is 0 Å². The van der Waals surface area contributed by atoms with E-state index in [1.165, 1.54) is 57.8 Å². The van der Waals surface area contributed by atoms with Crippen LogP contribution in [0.2, 0.25) is 0 Å². The fourth-order valence-electron chi connectivity index (χ4n) is 2.20. The highest BCUT2D eigenvalue weighted by molar-refractivity contribution is 5.95. The van der Waals surface area contributed by atoms with E-state index in [0.29, 0.717) is 5.57 Å². The van der Waals surface area contributed by atoms with Crippen LogP contribution in [-0.2, 0) is 4.79 Å². The van der Waals surface area contributed by atoms with E-state index >= 15 is 0 Å². The highest BCUT2D eigenvalue weighted by Crippen LogP contribution is 2.11. The van der Waals surface area contributed by atoms with Crippen molar-refractivity contribution in [3.63, 3.8) is 0 Å². The van der Waals surface area contributed by atoms with Crippen molar-refractivity contribution in [1.29, 1.82) is 0 Å². The number of unbranched alkanes of at least 4 members (excludes halogenated alkanes) is 9. The van der Waals surface area contributed by atoms with Crippen molar-refractivity contribution < 1.29 is 4.79 Å². The zero-order valence-electron chi connectivity index (χ0n) is 13.9. The lowest BCUT2D eigenvalue weighted by molar-refractivity contribution is -0.114. The number of allylic oxidation sites excluding steroid dienone is 4. The van der Waals surface area contributed by atoms with Crippen molar-refractivity contribution in [2.75, 3.05) is 0 Å². The van der Waals surface area contributed by atoms with Gasteiger partial charge in [-0.3, -0.25) is 4.79 Å². The Morgan fingerprint density at radius 2 is 1.52 bits per heavy atom. The molecule has 21 heavy (non-hydrogen) atoms. The van der Waals surface area contributed by atoms with Gasteiger partial charge in [0, 0.05) is 5.57 Å². The maximum atomic E-state index is 11.2. The van der Waals surface area contributed by atoms with E-state index in [-0.39, 0.29) is 5.91 Å². The first kappa shape index (κ1) is 19.7. The van der Waals surface area contributed by atoms with Crippen molar-refractivity contribution in [1.82, 2.24) is 0 Å². The van der Waals surface area contributed by atoms with Gasteiger partial charge in [-0.2, -0.15) is 0 Å². The van der Waals surface area contributed by atoms with Gasteiger partial charge in [0.05, 0.1) is 0 Å². The molecular weight excluding hydrogens is 258 g/mol. The second kappa shape index (κ2) is 15.1. The molecule has 0 aliphatic rings. The molecule has 1 amide bonds. The summed E-state index contributed by atoms with van der Waals surface area (Å²) in [5, 5.41) is 0. The van der Waals surface area contributed by atoms with Gasteiger partial charge >= 0.3 is 0 Å². The number of carbonyl (C=O) groups is 1. The minimum absolute atomic E-state index is 0.364. The average Bonchev–Trinajstić information content (AvgIpc) is 2.47. The van der Waals surface area contributed by atoms with Crippen LogP contribution < -0.4 is 5.73 Å². The number of primary amides is 1. The molecule has 0 aromatic rings. The number of carbonyl (C=O) groups excluding carboxylic acids is 1. The Bertz CT molecular complexity index is 339. The Morgan fingerprint density at radius 1 is 0.952 bits per heavy atom. The molecule has 0 aromatic carbocycles. The first-order chi connectivity index (χ1) is 10.2. The van der Waals surface area contributed by atoms with E-state index in [4.69, 9.17) is 5.73 Å². The Labute approximate surface area is 131 Å². The molecule has 0 saturated carbocycles. The molecule has 2 nitrogen and oxygen atoms in total. The number of amides is 1. The van der Waals surface area contributed by atoms with Crippen molar-refractivity contribution in [2.24, 2.45) is 5.73 Å². The van der Waals surface area contributed by atoms with Gasteiger partial charge in [0.2, 0.25) is 5.91 Å². The van der Waals surface area contributed by atoms with Crippen molar-refractivity contribution in [2.45, 2.75) is 78.1 Å². The summed E-state index contributed by atoms with van der Waals surface area (Å²) in [6, 6.07) is 0. The summed E-state index contributed by atoms with van der Waals surface area (Å²) in [5.74, 6) is -0.364. The molecular formula is C19H33NO. The average molecular weight is 291 g/mol. The maximum absolute atomic E-state index is 11.2. The van der Waals surface area contributed by atoms with Gasteiger partial charge in [-0.25, -0.2) is 0 Å². The van der Waals surface area contributed by atoms with E-state index in [1.807, 2.05) is 25.2 Å². The molecule has 0 heterocycles. The maximum Gasteiger partial charge on any atom is 0.248 e. The Hall–Kier alpha value is -1.31. The Balaban J connectivity index is 3.61. The summed E-state index contributed by atoms with van der Waals surface area (Å²) in [7, 11) is 0. The number of rotatable bonds is 13. The smallest absolute Gasteiger partial charge is 0.248 e. The second-order valence-corrected chi connectivity index (χ2v) is 5.53. The molecule has 0 spiro atoms. The Kier molecular flexibility index (Phi) is 14.1. The molecule has 0 unspecified atom stereocenters. The minimum atomic E-state index is -0.364. The summed E-state index contributed by atoms with van der Waals surface area (Å²) in [6.45, 7) is 4.17. The van der Waals surface area contributed by atoms with E-state index in [2.05, 4.69) is 13.0 Å². The van der Waals surface area contributed by atoms with E-state index in [1.54, 1.807) is 6.08 Å². The number of hydrogen-bond donors (Lipinski definition) is 1. The molecule has 0 radical (unpaired) electrons. The zero-order chi connectivity index (χ0) is 15.8. The standard InChI is InChI=1S/C19H33NO/c1-3-5-7-8-9-10-11-12-13-14-15-17-18(19(20)21)16-6-4-2/h4,6,15-17H,3,5,7-14H2,1-2H3,(H2,20,21)/b6-4+,17-15+,18-16-. The number of nitrogens with two attached hydrogens (primary N) is 1. The molecule has 120 valence electrons. The molecule has 0 bridgehead atoms.